The van der Waals surface area contributed by atoms with Crippen LogP contribution in [-0.4, -0.2) is 24.4 Å². The number of amides is 2. The van der Waals surface area contributed by atoms with Crippen molar-refractivity contribution in [2.45, 2.75) is 51.0 Å². The van der Waals surface area contributed by atoms with Crippen molar-refractivity contribution in [1.29, 1.82) is 0 Å². The average molecular weight is 367 g/mol. The molecule has 1 fully saturated rings. The van der Waals surface area contributed by atoms with Gasteiger partial charge in [0, 0.05) is 23.5 Å². The fraction of sp³-hybridized carbons (Fsp3) is 0.529. The van der Waals surface area contributed by atoms with Crippen LogP contribution < -0.4 is 10.6 Å². The van der Waals surface area contributed by atoms with E-state index in [9.17, 15) is 9.59 Å². The van der Waals surface area contributed by atoms with E-state index in [1.807, 2.05) is 18.2 Å². The third-order valence-corrected chi connectivity index (χ3v) is 4.67. The van der Waals surface area contributed by atoms with E-state index in [0.29, 0.717) is 24.6 Å². The minimum Gasteiger partial charge on any atom is -0.353 e. The number of carbonyl (C=O) groups is 2. The second-order valence-corrected chi connectivity index (χ2v) is 6.60. The summed E-state index contributed by atoms with van der Waals surface area (Å²) in [7, 11) is 0. The van der Waals surface area contributed by atoms with Gasteiger partial charge in [0.1, 0.15) is 0 Å². The first-order chi connectivity index (χ1) is 10.7. The van der Waals surface area contributed by atoms with E-state index >= 15 is 0 Å². The zero-order valence-electron chi connectivity index (χ0n) is 12.7. The molecule has 1 aromatic rings. The number of carbonyl (C=O) groups excluding carboxylic acids is 2. The predicted octanol–water partition coefficient (Wildman–Crippen LogP) is 3.41. The van der Waals surface area contributed by atoms with E-state index in [-0.39, 0.29) is 11.8 Å². The molecular formula is C17H23BrN2O2. The molecule has 0 aromatic heterocycles. The maximum atomic E-state index is 12.0. The molecule has 0 spiro atoms. The van der Waals surface area contributed by atoms with Crippen LogP contribution in [0.15, 0.2) is 28.7 Å². The number of hydrogen-bond donors (Lipinski definition) is 2. The van der Waals surface area contributed by atoms with Crippen LogP contribution >= 0.6 is 15.9 Å². The molecule has 2 N–H and O–H groups in total. The van der Waals surface area contributed by atoms with Crippen molar-refractivity contribution >= 4 is 27.7 Å². The molecule has 0 heterocycles. The van der Waals surface area contributed by atoms with E-state index in [4.69, 9.17) is 0 Å². The smallest absolute Gasteiger partial charge is 0.252 e. The first-order valence-corrected chi connectivity index (χ1v) is 8.78. The highest BCUT2D eigenvalue weighted by molar-refractivity contribution is 9.10. The Morgan fingerprint density at radius 1 is 1.09 bits per heavy atom. The van der Waals surface area contributed by atoms with E-state index < -0.39 is 0 Å². The van der Waals surface area contributed by atoms with Crippen molar-refractivity contribution in [2.75, 3.05) is 6.54 Å². The van der Waals surface area contributed by atoms with E-state index in [1.165, 1.54) is 25.7 Å². The molecule has 0 atom stereocenters. The van der Waals surface area contributed by atoms with Gasteiger partial charge in [-0.25, -0.2) is 0 Å². The lowest BCUT2D eigenvalue weighted by molar-refractivity contribution is -0.121. The molecule has 0 saturated heterocycles. The van der Waals surface area contributed by atoms with E-state index in [1.54, 1.807) is 6.07 Å². The van der Waals surface area contributed by atoms with Gasteiger partial charge in [-0.15, -0.1) is 0 Å². The summed E-state index contributed by atoms with van der Waals surface area (Å²) in [6, 6.07) is 7.58. The number of nitrogens with one attached hydrogen (secondary N) is 2. The standard InChI is InChI=1S/C17H23BrN2O2/c18-15-10-6-5-9-14(15)17(22)19-12-11-16(21)20-13-7-3-1-2-4-8-13/h5-6,9-10,13H,1-4,7-8,11-12H2,(H,19,22)(H,20,21). The van der Waals surface area contributed by atoms with Gasteiger partial charge in [0.15, 0.2) is 0 Å². The van der Waals surface area contributed by atoms with Gasteiger partial charge in [-0.2, -0.15) is 0 Å². The third-order valence-electron chi connectivity index (χ3n) is 3.98. The van der Waals surface area contributed by atoms with Crippen LogP contribution in [0.1, 0.15) is 55.3 Å². The van der Waals surface area contributed by atoms with Gasteiger partial charge in [-0.1, -0.05) is 37.8 Å². The Morgan fingerprint density at radius 2 is 1.77 bits per heavy atom. The molecule has 1 saturated carbocycles. The van der Waals surface area contributed by atoms with Crippen LogP contribution in [0.5, 0.6) is 0 Å². The number of hydrogen-bond acceptors (Lipinski definition) is 2. The minimum atomic E-state index is -0.158. The largest absolute Gasteiger partial charge is 0.353 e. The lowest BCUT2D eigenvalue weighted by atomic mass is 10.1. The van der Waals surface area contributed by atoms with Gasteiger partial charge in [0.25, 0.3) is 5.91 Å². The molecule has 0 radical (unpaired) electrons. The first kappa shape index (κ1) is 17.0. The molecule has 2 amide bonds. The number of halogens is 1. The summed E-state index contributed by atoms with van der Waals surface area (Å²) in [6.45, 7) is 0.360. The van der Waals surface area contributed by atoms with Gasteiger partial charge in [-0.05, 0) is 40.9 Å². The second-order valence-electron chi connectivity index (χ2n) is 5.74. The summed E-state index contributed by atoms with van der Waals surface area (Å²) in [6.07, 6.45) is 7.42. The SMILES string of the molecule is O=C(CCNC(=O)c1ccccc1Br)NC1CCCCCC1. The monoisotopic (exact) mass is 366 g/mol. The third kappa shape index (κ3) is 5.44. The molecule has 22 heavy (non-hydrogen) atoms. The minimum absolute atomic E-state index is 0.0272. The van der Waals surface area contributed by atoms with Crippen molar-refractivity contribution < 1.29 is 9.59 Å². The molecule has 0 unspecified atom stereocenters. The van der Waals surface area contributed by atoms with Crippen molar-refractivity contribution in [3.63, 3.8) is 0 Å². The topological polar surface area (TPSA) is 58.2 Å². The van der Waals surface area contributed by atoms with Gasteiger partial charge in [0.2, 0.25) is 5.91 Å². The quantitative estimate of drug-likeness (QED) is 0.784. The fourth-order valence-corrected chi connectivity index (χ4v) is 3.22. The van der Waals surface area contributed by atoms with Crippen LogP contribution in [0.4, 0.5) is 0 Å². The maximum Gasteiger partial charge on any atom is 0.252 e. The highest BCUT2D eigenvalue weighted by Crippen LogP contribution is 2.17. The molecule has 0 aliphatic heterocycles. The van der Waals surface area contributed by atoms with Gasteiger partial charge in [0.05, 0.1) is 5.56 Å². The van der Waals surface area contributed by atoms with Gasteiger partial charge < -0.3 is 10.6 Å². The Kier molecular flexibility index (Phi) is 6.90. The predicted molar refractivity (Wildman–Crippen MR) is 90.7 cm³/mol. The number of rotatable bonds is 5. The van der Waals surface area contributed by atoms with E-state index in [2.05, 4.69) is 26.6 Å². The molecule has 0 bridgehead atoms. The fourth-order valence-electron chi connectivity index (χ4n) is 2.75. The molecule has 120 valence electrons. The summed E-state index contributed by atoms with van der Waals surface area (Å²) in [5.41, 5.74) is 0.590. The maximum absolute atomic E-state index is 12.0. The Bertz CT molecular complexity index is 511. The van der Waals surface area contributed by atoms with Crippen LogP contribution in [-0.2, 0) is 4.79 Å². The Morgan fingerprint density at radius 3 is 2.45 bits per heavy atom. The Balaban J connectivity index is 1.70. The van der Waals surface area contributed by atoms with Crippen LogP contribution in [0.3, 0.4) is 0 Å². The summed E-state index contributed by atoms with van der Waals surface area (Å²) in [4.78, 5) is 23.9. The molecule has 1 aliphatic rings. The van der Waals surface area contributed by atoms with Crippen LogP contribution in [0, 0.1) is 0 Å². The molecule has 1 aromatic carbocycles. The zero-order chi connectivity index (χ0) is 15.8. The lowest BCUT2D eigenvalue weighted by Crippen LogP contribution is -2.36. The Hall–Kier alpha value is -1.36. The second kappa shape index (κ2) is 8.93. The van der Waals surface area contributed by atoms with Crippen molar-refractivity contribution in [3.05, 3.63) is 34.3 Å². The highest BCUT2D eigenvalue weighted by Gasteiger charge is 2.15. The summed E-state index contributed by atoms with van der Waals surface area (Å²) >= 11 is 3.35. The highest BCUT2D eigenvalue weighted by atomic mass is 79.9. The van der Waals surface area contributed by atoms with Crippen LogP contribution in [0.2, 0.25) is 0 Å². The van der Waals surface area contributed by atoms with E-state index in [0.717, 1.165) is 17.3 Å². The van der Waals surface area contributed by atoms with Crippen molar-refractivity contribution in [1.82, 2.24) is 10.6 Å². The number of benzene rings is 1. The Labute approximate surface area is 140 Å². The van der Waals surface area contributed by atoms with Gasteiger partial charge in [-0.3, -0.25) is 9.59 Å². The molecular weight excluding hydrogens is 344 g/mol. The summed E-state index contributed by atoms with van der Waals surface area (Å²) in [5, 5.41) is 5.87. The van der Waals surface area contributed by atoms with Crippen molar-refractivity contribution in [3.8, 4) is 0 Å². The lowest BCUT2D eigenvalue weighted by Gasteiger charge is -2.16. The normalized spacial score (nSPS) is 15.9. The molecule has 5 heteroatoms. The average Bonchev–Trinajstić information content (AvgIpc) is 2.76. The summed E-state index contributed by atoms with van der Waals surface area (Å²) in [5.74, 6) is -0.130. The molecule has 4 nitrogen and oxygen atoms in total. The van der Waals surface area contributed by atoms with Crippen LogP contribution in [0.25, 0.3) is 0 Å². The van der Waals surface area contributed by atoms with Crippen molar-refractivity contribution in [2.24, 2.45) is 0 Å². The zero-order valence-corrected chi connectivity index (χ0v) is 14.3. The molecule has 1 aliphatic carbocycles. The molecule has 2 rings (SSSR count). The first-order valence-electron chi connectivity index (χ1n) is 7.99. The van der Waals surface area contributed by atoms with Gasteiger partial charge >= 0.3 is 0 Å². The summed E-state index contributed by atoms with van der Waals surface area (Å²) < 4.78 is 0.760.